The number of carbonyl (C=O) groups excluding carboxylic acids is 9. The maximum atomic E-state index is 13.7. The zero-order valence-corrected chi connectivity index (χ0v) is 57.2. The number of nitrogens with one attached hydrogen (secondary N) is 9. The van der Waals surface area contributed by atoms with Crippen molar-refractivity contribution in [2.45, 2.75) is 239 Å². The van der Waals surface area contributed by atoms with E-state index >= 15 is 0 Å². The first-order valence-corrected chi connectivity index (χ1v) is 33.9. The summed E-state index contributed by atoms with van der Waals surface area (Å²) in [7, 11) is 0. The number of benzene rings is 1. The summed E-state index contributed by atoms with van der Waals surface area (Å²) in [5.41, 5.74) is 0.625. The maximum absolute atomic E-state index is 13.7. The highest BCUT2D eigenvalue weighted by atomic mass is 16.7. The van der Waals surface area contributed by atoms with E-state index in [0.29, 0.717) is 5.56 Å². The number of amides is 9. The molecule has 5 rings (SSSR count). The topological polar surface area (TPSA) is 588 Å². The van der Waals surface area contributed by atoms with Crippen molar-refractivity contribution in [3.05, 3.63) is 35.9 Å². The number of aliphatic hydroxyl groups excluding tert-OH is 12. The average Bonchev–Trinajstić information content (AvgIpc) is 0.844. The third kappa shape index (κ3) is 28.5. The van der Waals surface area contributed by atoms with E-state index in [4.69, 9.17) is 42.6 Å². The molecular formula is C63H103N9O30. The van der Waals surface area contributed by atoms with E-state index in [1.54, 1.807) is 30.3 Å². The highest BCUT2D eigenvalue weighted by Crippen LogP contribution is 2.25. The van der Waals surface area contributed by atoms with Gasteiger partial charge in [-0.3, -0.25) is 38.4 Å². The zero-order valence-electron chi connectivity index (χ0n) is 57.2. The Balaban J connectivity index is 1.10. The van der Waals surface area contributed by atoms with E-state index in [9.17, 15) is 104 Å². The lowest BCUT2D eigenvalue weighted by molar-refractivity contribution is -0.292. The van der Waals surface area contributed by atoms with Gasteiger partial charge in [0.25, 0.3) is 0 Å². The highest BCUT2D eigenvalue weighted by Gasteiger charge is 2.46. The molecule has 4 fully saturated rings. The van der Waals surface area contributed by atoms with E-state index in [1.165, 1.54) is 27.7 Å². The number of rotatable bonds is 41. The predicted octanol–water partition coefficient (Wildman–Crippen LogP) is -8.77. The lowest BCUT2D eigenvalue weighted by Crippen LogP contribution is -2.57. The van der Waals surface area contributed by atoms with Gasteiger partial charge in [0.15, 0.2) is 25.2 Å². The molecule has 102 heavy (non-hydrogen) atoms. The van der Waals surface area contributed by atoms with E-state index in [1.807, 2.05) is 0 Å². The largest absolute Gasteiger partial charge is 0.445 e. The van der Waals surface area contributed by atoms with Gasteiger partial charge in [-0.05, 0) is 65.4 Å². The van der Waals surface area contributed by atoms with Gasteiger partial charge in [-0.1, -0.05) is 30.3 Å². The third-order valence-electron chi connectivity index (χ3n) is 16.9. The number of carbonyl (C=O) groups is 9. The molecule has 0 aliphatic carbocycles. The lowest BCUT2D eigenvalue weighted by Gasteiger charge is -2.38. The molecule has 23 atom stereocenters. The van der Waals surface area contributed by atoms with Crippen LogP contribution < -0.4 is 47.9 Å². The van der Waals surface area contributed by atoms with Crippen LogP contribution in [0.5, 0.6) is 0 Å². The van der Waals surface area contributed by atoms with Gasteiger partial charge in [-0.25, -0.2) is 4.79 Å². The Morgan fingerprint density at radius 3 is 0.971 bits per heavy atom. The van der Waals surface area contributed by atoms with Crippen LogP contribution >= 0.6 is 0 Å². The predicted molar refractivity (Wildman–Crippen MR) is 345 cm³/mol. The van der Waals surface area contributed by atoms with Crippen LogP contribution in [0.15, 0.2) is 30.3 Å². The summed E-state index contributed by atoms with van der Waals surface area (Å²) in [5.74, 6) is -5.41. The summed E-state index contributed by atoms with van der Waals surface area (Å²) in [6.07, 6.45) is -30.3. The van der Waals surface area contributed by atoms with Gasteiger partial charge in [0.1, 0.15) is 98.0 Å². The molecule has 4 heterocycles. The Morgan fingerprint density at radius 1 is 0.353 bits per heavy atom. The summed E-state index contributed by atoms with van der Waals surface area (Å²) in [5, 5.41) is 144. The Bertz CT molecular complexity index is 2770. The lowest BCUT2D eigenvalue weighted by atomic mass is 10.0. The van der Waals surface area contributed by atoms with Crippen molar-refractivity contribution in [2.24, 2.45) is 0 Å². The zero-order chi connectivity index (χ0) is 75.2. The maximum Gasteiger partial charge on any atom is 0.408 e. The number of aliphatic hydroxyl groups is 12. The van der Waals surface area contributed by atoms with E-state index in [0.717, 1.165) is 0 Å². The summed E-state index contributed by atoms with van der Waals surface area (Å²) < 4.78 is 48.7. The summed E-state index contributed by atoms with van der Waals surface area (Å²) in [6, 6.07) is 4.57. The average molecular weight is 1470 g/mol. The molecule has 9 amide bonds. The van der Waals surface area contributed by atoms with Crippen LogP contribution in [0.4, 0.5) is 4.79 Å². The molecular weight excluding hydrogens is 1360 g/mol. The van der Waals surface area contributed by atoms with Gasteiger partial charge in [0.2, 0.25) is 47.3 Å². The van der Waals surface area contributed by atoms with Gasteiger partial charge >= 0.3 is 6.09 Å². The molecule has 0 radical (unpaired) electrons. The Labute approximate surface area is 587 Å². The molecule has 0 aromatic heterocycles. The molecule has 580 valence electrons. The van der Waals surface area contributed by atoms with Crippen molar-refractivity contribution in [3.8, 4) is 0 Å². The molecule has 4 aliphatic rings. The quantitative estimate of drug-likeness (QED) is 0.0271. The number of alkyl carbamates (subject to hydrolysis) is 1. The normalized spacial score (nSPS) is 30.2. The number of hydrogen-bond donors (Lipinski definition) is 21. The van der Waals surface area contributed by atoms with Gasteiger partial charge in [0, 0.05) is 71.4 Å². The first kappa shape index (κ1) is 86.1. The number of hydrogen-bond acceptors (Lipinski definition) is 30. The van der Waals surface area contributed by atoms with Gasteiger partial charge < -0.3 is 152 Å². The first-order valence-electron chi connectivity index (χ1n) is 33.9. The van der Waals surface area contributed by atoms with Crippen LogP contribution in [0.1, 0.15) is 97.5 Å². The molecule has 1 aromatic carbocycles. The standard InChI is InChI=1S/C63H103N9O30/c1-31-44(78)48(82)52(86)59(99-31)94-26-22-65-40(74)17-14-36(56(90)68-24-28-96-61-54(88)50(84)46(80)33(3)101-61)70-42(76)12-8-20-64-39(73)19-16-38(72-63(93)98-30-35-10-6-5-7-11-35)58(92)67-21-9-13-43(77)71-37(57(91)69-25-29-97-62-55(89)51(85)47(81)34(4)102-62)15-18-41(75)66-23-27-95-60-53(87)49(83)45(79)32(2)100-60/h5-7,10-11,31-34,36-38,44-55,59-62,78-89H,8-9,12-30H2,1-4H3,(H,64,73)(H,65,74)(H,66,75)(H,67,92)(H,68,90)(H,69,91)(H,70,76)(H,71,77)(H,72,93)/t31-,32-,33-,34-,36-,37-,38-,44+,45+,46+,47+,48+,49+,50+,51+,52-,53-,54-,55-,59+,60+,61+,62+/m0/s1. The van der Waals surface area contributed by atoms with E-state index < -0.39 is 194 Å². The second-order valence-corrected chi connectivity index (χ2v) is 25.0. The summed E-state index contributed by atoms with van der Waals surface area (Å²) in [6.45, 7) is 3.84. The van der Waals surface area contributed by atoms with Crippen LogP contribution in [-0.4, -0.2) is 321 Å². The molecule has 1 aromatic rings. The van der Waals surface area contributed by atoms with Gasteiger partial charge in [-0.15, -0.1) is 0 Å². The molecule has 0 unspecified atom stereocenters. The Kier molecular flexibility index (Phi) is 37.4. The number of ether oxygens (including phenoxy) is 9. The molecule has 39 nitrogen and oxygen atoms in total. The van der Waals surface area contributed by atoms with E-state index in [-0.39, 0.29) is 137 Å². The van der Waals surface area contributed by atoms with Crippen molar-refractivity contribution in [2.75, 3.05) is 65.7 Å². The minimum atomic E-state index is -1.62. The summed E-state index contributed by atoms with van der Waals surface area (Å²) >= 11 is 0. The van der Waals surface area contributed by atoms with Gasteiger partial charge in [0.05, 0.1) is 50.8 Å². The Morgan fingerprint density at radius 2 is 0.637 bits per heavy atom. The molecule has 39 heteroatoms. The molecule has 4 aliphatic heterocycles. The minimum Gasteiger partial charge on any atom is -0.445 e. The third-order valence-corrected chi connectivity index (χ3v) is 16.9. The molecule has 0 spiro atoms. The smallest absolute Gasteiger partial charge is 0.408 e. The Hall–Kier alpha value is -6.55. The molecule has 4 saturated heterocycles. The molecule has 21 N–H and O–H groups in total. The fourth-order valence-electron chi connectivity index (χ4n) is 10.7. The monoisotopic (exact) mass is 1470 g/mol. The van der Waals surface area contributed by atoms with Crippen LogP contribution in [-0.2, 0) is 87.6 Å². The van der Waals surface area contributed by atoms with Crippen LogP contribution in [0, 0.1) is 0 Å². The van der Waals surface area contributed by atoms with Crippen LogP contribution in [0.2, 0.25) is 0 Å². The van der Waals surface area contributed by atoms with Crippen molar-refractivity contribution in [3.63, 3.8) is 0 Å². The van der Waals surface area contributed by atoms with Gasteiger partial charge in [-0.2, -0.15) is 0 Å². The van der Waals surface area contributed by atoms with Crippen molar-refractivity contribution < 1.29 is 147 Å². The van der Waals surface area contributed by atoms with Crippen molar-refractivity contribution in [1.82, 2.24) is 47.9 Å². The second kappa shape index (κ2) is 44.3. The van der Waals surface area contributed by atoms with Crippen molar-refractivity contribution in [1.29, 1.82) is 0 Å². The minimum absolute atomic E-state index is 0.0239. The fraction of sp³-hybridized carbons (Fsp3) is 0.762. The molecule has 0 bridgehead atoms. The fourth-order valence-corrected chi connectivity index (χ4v) is 10.7. The van der Waals surface area contributed by atoms with Crippen LogP contribution in [0.25, 0.3) is 0 Å². The van der Waals surface area contributed by atoms with Crippen molar-refractivity contribution >= 4 is 53.4 Å². The molecule has 0 saturated carbocycles. The first-order chi connectivity index (χ1) is 48.5. The highest BCUT2D eigenvalue weighted by molar-refractivity contribution is 5.90. The summed E-state index contributed by atoms with van der Waals surface area (Å²) in [4.78, 5) is 119. The second-order valence-electron chi connectivity index (χ2n) is 25.0. The van der Waals surface area contributed by atoms with Crippen LogP contribution in [0.3, 0.4) is 0 Å². The SMILES string of the molecule is C[C@@H]1O[C@@H](OCCNC(=O)CC[C@H](NC(=O)CCCNC(=O)CC[C@H](NC(=O)OCc2ccccc2)C(=O)NCCCC(=O)N[C@@H](CCC(=O)NCCO[C@@H]2O[C@@H](C)[C@@H](O)[C@@H](O)[C@@H]2O)C(=O)NCCO[C@@H]2O[C@@H](C)[C@@H](O)[C@@H](O)[C@@H]2O)C(=O)NCCO[C@@H]2O[C@@H](C)[C@@H](O)[C@@H](O)[C@@H]2O)[C@@H](O)[C@H](O)[C@@H]1O. The van der Waals surface area contributed by atoms with E-state index in [2.05, 4.69) is 47.9 Å².